The van der Waals surface area contributed by atoms with Gasteiger partial charge in [0, 0.05) is 13.1 Å². The zero-order valence-electron chi connectivity index (χ0n) is 11.9. The average Bonchev–Trinajstić information content (AvgIpc) is 2.53. The van der Waals surface area contributed by atoms with E-state index in [-0.39, 0.29) is 11.5 Å². The van der Waals surface area contributed by atoms with Crippen molar-refractivity contribution >= 4 is 23.6 Å². The van der Waals surface area contributed by atoms with Crippen LogP contribution in [0.25, 0.3) is 6.08 Å². The Morgan fingerprint density at radius 2 is 2.10 bits per heavy atom. The van der Waals surface area contributed by atoms with Crippen molar-refractivity contribution in [1.29, 1.82) is 5.26 Å². The molecule has 1 amide bonds. The van der Waals surface area contributed by atoms with Crippen molar-refractivity contribution in [3.8, 4) is 11.8 Å². The maximum atomic E-state index is 12.3. The van der Waals surface area contributed by atoms with Crippen molar-refractivity contribution in [1.82, 2.24) is 4.90 Å². The van der Waals surface area contributed by atoms with Gasteiger partial charge in [0.25, 0.3) is 5.91 Å². The Labute approximate surface area is 129 Å². The summed E-state index contributed by atoms with van der Waals surface area (Å²) in [5.41, 5.74) is 0.848. The van der Waals surface area contributed by atoms with Crippen LogP contribution in [0.5, 0.6) is 5.75 Å². The molecule has 1 aliphatic heterocycles. The summed E-state index contributed by atoms with van der Waals surface area (Å²) in [6, 6.07) is 7.16. The van der Waals surface area contributed by atoms with Crippen LogP contribution in [0.15, 0.2) is 23.8 Å². The summed E-state index contributed by atoms with van der Waals surface area (Å²) in [7, 11) is 1.54. The second-order valence-corrected chi connectivity index (χ2v) is 5.32. The Morgan fingerprint density at radius 3 is 2.67 bits per heavy atom. The van der Waals surface area contributed by atoms with E-state index in [4.69, 9.17) is 16.3 Å². The van der Waals surface area contributed by atoms with Crippen molar-refractivity contribution in [3.05, 3.63) is 34.4 Å². The van der Waals surface area contributed by atoms with Gasteiger partial charge >= 0.3 is 0 Å². The maximum Gasteiger partial charge on any atom is 0.264 e. The number of nitriles is 1. The Morgan fingerprint density at radius 1 is 1.38 bits per heavy atom. The number of methoxy groups -OCH3 is 1. The quantitative estimate of drug-likeness (QED) is 0.636. The summed E-state index contributed by atoms with van der Waals surface area (Å²) < 4.78 is 5.08. The molecule has 1 saturated heterocycles. The highest BCUT2D eigenvalue weighted by atomic mass is 35.5. The van der Waals surface area contributed by atoms with E-state index in [2.05, 4.69) is 0 Å². The summed E-state index contributed by atoms with van der Waals surface area (Å²) >= 11 is 6.05. The molecule has 21 heavy (non-hydrogen) atoms. The number of benzene rings is 1. The largest absolute Gasteiger partial charge is 0.495 e. The number of halogens is 1. The molecule has 1 fully saturated rings. The number of hydrogen-bond donors (Lipinski definition) is 0. The molecule has 0 radical (unpaired) electrons. The van der Waals surface area contributed by atoms with Crippen LogP contribution < -0.4 is 4.74 Å². The summed E-state index contributed by atoms with van der Waals surface area (Å²) in [6.07, 6.45) is 4.71. The molecule has 1 aromatic carbocycles. The molecule has 0 saturated carbocycles. The van der Waals surface area contributed by atoms with Gasteiger partial charge in [-0.15, -0.1) is 0 Å². The minimum Gasteiger partial charge on any atom is -0.495 e. The summed E-state index contributed by atoms with van der Waals surface area (Å²) in [4.78, 5) is 14.1. The van der Waals surface area contributed by atoms with E-state index in [1.165, 1.54) is 7.11 Å². The first kappa shape index (κ1) is 15.4. The lowest BCUT2D eigenvalue weighted by Crippen LogP contribution is -2.36. The Hall–Kier alpha value is -1.99. The number of piperidine rings is 1. The second-order valence-electron chi connectivity index (χ2n) is 4.92. The second kappa shape index (κ2) is 7.14. The van der Waals surface area contributed by atoms with Crippen molar-refractivity contribution < 1.29 is 9.53 Å². The highest BCUT2D eigenvalue weighted by Crippen LogP contribution is 2.26. The number of rotatable bonds is 3. The molecule has 0 bridgehead atoms. The third-order valence-corrected chi connectivity index (χ3v) is 3.78. The molecule has 0 N–H and O–H groups in total. The fourth-order valence-corrected chi connectivity index (χ4v) is 2.61. The van der Waals surface area contributed by atoms with Gasteiger partial charge in [-0.3, -0.25) is 4.79 Å². The Kier molecular flexibility index (Phi) is 5.24. The lowest BCUT2D eigenvalue weighted by Gasteiger charge is -2.26. The summed E-state index contributed by atoms with van der Waals surface area (Å²) in [5, 5.41) is 9.69. The minimum atomic E-state index is -0.204. The topological polar surface area (TPSA) is 53.3 Å². The number of hydrogen-bond acceptors (Lipinski definition) is 3. The highest BCUT2D eigenvalue weighted by Gasteiger charge is 2.20. The van der Waals surface area contributed by atoms with Crippen molar-refractivity contribution in [3.63, 3.8) is 0 Å². The molecule has 0 unspecified atom stereocenters. The normalized spacial score (nSPS) is 15.5. The molecule has 1 heterocycles. The first-order chi connectivity index (χ1) is 10.2. The molecule has 2 rings (SSSR count). The molecule has 4 nitrogen and oxygen atoms in total. The van der Waals surface area contributed by atoms with Gasteiger partial charge in [-0.05, 0) is 43.0 Å². The lowest BCUT2D eigenvalue weighted by molar-refractivity contribution is -0.127. The van der Waals surface area contributed by atoms with Crippen LogP contribution in [0.1, 0.15) is 24.8 Å². The van der Waals surface area contributed by atoms with Gasteiger partial charge in [0.05, 0.1) is 12.1 Å². The predicted molar refractivity (Wildman–Crippen MR) is 82.0 cm³/mol. The fourth-order valence-electron chi connectivity index (χ4n) is 2.35. The smallest absolute Gasteiger partial charge is 0.264 e. The number of amides is 1. The number of nitrogens with zero attached hydrogens (tertiary/aromatic N) is 2. The number of ether oxygens (including phenoxy) is 1. The monoisotopic (exact) mass is 304 g/mol. The molecule has 1 aromatic rings. The Bertz CT molecular complexity index is 599. The van der Waals surface area contributed by atoms with Crippen molar-refractivity contribution in [2.75, 3.05) is 20.2 Å². The van der Waals surface area contributed by atoms with E-state index in [1.54, 1.807) is 29.2 Å². The summed E-state index contributed by atoms with van der Waals surface area (Å²) in [5.74, 6) is 0.360. The van der Waals surface area contributed by atoms with Crippen LogP contribution >= 0.6 is 11.6 Å². The first-order valence-corrected chi connectivity index (χ1v) is 7.28. The zero-order chi connectivity index (χ0) is 15.2. The maximum absolute atomic E-state index is 12.3. The van der Waals surface area contributed by atoms with Crippen LogP contribution in [-0.2, 0) is 4.79 Å². The standard InChI is InChI=1S/C16H17ClN2O2/c1-21-15-6-5-12(10-14(15)17)9-13(11-18)16(20)19-7-3-2-4-8-19/h5-6,9-10H,2-4,7-8H2,1H3/b13-9+. The van der Waals surface area contributed by atoms with Gasteiger partial charge in [0.1, 0.15) is 17.4 Å². The molecule has 0 aromatic heterocycles. The van der Waals surface area contributed by atoms with Gasteiger partial charge in [-0.1, -0.05) is 17.7 Å². The fraction of sp³-hybridized carbons (Fsp3) is 0.375. The Balaban J connectivity index is 2.22. The van der Waals surface area contributed by atoms with Gasteiger partial charge in [-0.25, -0.2) is 0 Å². The summed E-state index contributed by atoms with van der Waals surface area (Å²) in [6.45, 7) is 1.45. The van der Waals surface area contributed by atoms with Crippen molar-refractivity contribution in [2.45, 2.75) is 19.3 Å². The number of likely N-dealkylation sites (tertiary alicyclic amines) is 1. The third-order valence-electron chi connectivity index (χ3n) is 3.48. The van der Waals surface area contributed by atoms with Crippen LogP contribution in [0.2, 0.25) is 5.02 Å². The van der Waals surface area contributed by atoms with Crippen LogP contribution in [0, 0.1) is 11.3 Å². The van der Waals surface area contributed by atoms with E-state index in [0.717, 1.165) is 32.4 Å². The lowest BCUT2D eigenvalue weighted by atomic mass is 10.1. The van der Waals surface area contributed by atoms with E-state index >= 15 is 0 Å². The van der Waals surface area contributed by atoms with Gasteiger partial charge < -0.3 is 9.64 Å². The highest BCUT2D eigenvalue weighted by molar-refractivity contribution is 6.32. The predicted octanol–water partition coefficient (Wildman–Crippen LogP) is 3.27. The molecule has 5 heteroatoms. The van der Waals surface area contributed by atoms with Gasteiger partial charge in [0.15, 0.2) is 0 Å². The average molecular weight is 305 g/mol. The molecule has 110 valence electrons. The SMILES string of the molecule is COc1ccc(/C=C(\C#N)C(=O)N2CCCCC2)cc1Cl. The minimum absolute atomic E-state index is 0.137. The van der Waals surface area contributed by atoms with Crippen LogP contribution in [-0.4, -0.2) is 31.0 Å². The van der Waals surface area contributed by atoms with Crippen LogP contribution in [0.3, 0.4) is 0 Å². The van der Waals surface area contributed by atoms with Gasteiger partial charge in [-0.2, -0.15) is 5.26 Å². The van der Waals surface area contributed by atoms with E-state index in [1.807, 2.05) is 6.07 Å². The van der Waals surface area contributed by atoms with Gasteiger partial charge in [0.2, 0.25) is 0 Å². The first-order valence-electron chi connectivity index (χ1n) is 6.90. The molecular weight excluding hydrogens is 288 g/mol. The number of carbonyl (C=O) groups excluding carboxylic acids is 1. The van der Waals surface area contributed by atoms with Crippen molar-refractivity contribution in [2.24, 2.45) is 0 Å². The molecule has 0 aliphatic carbocycles. The van der Waals surface area contributed by atoms with E-state index in [0.29, 0.717) is 16.3 Å². The van der Waals surface area contributed by atoms with Crippen LogP contribution in [0.4, 0.5) is 0 Å². The molecular formula is C16H17ClN2O2. The molecule has 0 atom stereocenters. The third kappa shape index (κ3) is 3.77. The number of carbonyl (C=O) groups is 1. The molecule has 0 spiro atoms. The van der Waals surface area contributed by atoms with E-state index < -0.39 is 0 Å². The van der Waals surface area contributed by atoms with E-state index in [9.17, 15) is 10.1 Å². The molecule has 1 aliphatic rings. The zero-order valence-corrected chi connectivity index (χ0v) is 12.7.